The van der Waals surface area contributed by atoms with Gasteiger partial charge in [-0.15, -0.1) is 11.3 Å². The van der Waals surface area contributed by atoms with Gasteiger partial charge in [0.1, 0.15) is 0 Å². The molecule has 2 aromatic rings. The Morgan fingerprint density at radius 1 is 1.20 bits per heavy atom. The van der Waals surface area contributed by atoms with Crippen LogP contribution in [0.1, 0.15) is 4.88 Å². The lowest BCUT2D eigenvalue weighted by Gasteiger charge is -2.00. The van der Waals surface area contributed by atoms with Crippen LogP contribution in [-0.2, 0) is 6.61 Å². The summed E-state index contributed by atoms with van der Waals surface area (Å²) >= 11 is 9.27. The van der Waals surface area contributed by atoms with Crippen molar-refractivity contribution in [2.24, 2.45) is 0 Å². The van der Waals surface area contributed by atoms with Crippen LogP contribution in [-0.4, -0.2) is 5.11 Å². The van der Waals surface area contributed by atoms with Crippen LogP contribution in [0, 0.1) is 0 Å². The van der Waals surface area contributed by atoms with E-state index >= 15 is 0 Å². The molecule has 0 spiro atoms. The van der Waals surface area contributed by atoms with Crippen molar-refractivity contribution in [2.75, 3.05) is 0 Å². The van der Waals surface area contributed by atoms with Crippen molar-refractivity contribution in [1.82, 2.24) is 0 Å². The number of aliphatic hydroxyl groups excluding tert-OH is 1. The predicted octanol–water partition coefficient (Wildman–Crippen LogP) is 4.05. The molecule has 0 saturated heterocycles. The first-order valence-corrected chi connectivity index (χ1v) is 6.42. The Labute approximate surface area is 102 Å². The lowest BCUT2D eigenvalue weighted by Crippen LogP contribution is -1.71. The molecule has 15 heavy (non-hydrogen) atoms. The van der Waals surface area contributed by atoms with Crippen LogP contribution in [0.4, 0.5) is 0 Å². The summed E-state index contributed by atoms with van der Waals surface area (Å²) in [7, 11) is 0. The Morgan fingerprint density at radius 2 is 2.00 bits per heavy atom. The minimum Gasteiger partial charge on any atom is -0.391 e. The molecular weight excluding hydrogens is 248 g/mol. The molecule has 0 aliphatic heterocycles. The third-order valence-electron chi connectivity index (χ3n) is 1.84. The van der Waals surface area contributed by atoms with E-state index in [1.165, 1.54) is 0 Å². The van der Waals surface area contributed by atoms with Crippen molar-refractivity contribution in [3.8, 4) is 0 Å². The van der Waals surface area contributed by atoms with Crippen LogP contribution >= 0.6 is 34.7 Å². The smallest absolute Gasteiger partial charge is 0.0774 e. The number of aliphatic hydroxyl groups is 1. The van der Waals surface area contributed by atoms with Gasteiger partial charge in [0.25, 0.3) is 0 Å². The van der Waals surface area contributed by atoms with Crippen molar-refractivity contribution in [3.63, 3.8) is 0 Å². The second kappa shape index (κ2) is 5.03. The fourth-order valence-corrected chi connectivity index (χ4v) is 3.40. The largest absolute Gasteiger partial charge is 0.391 e. The van der Waals surface area contributed by atoms with E-state index in [0.29, 0.717) is 0 Å². The summed E-state index contributed by atoms with van der Waals surface area (Å²) in [5.74, 6) is 0. The van der Waals surface area contributed by atoms with Crippen LogP contribution in [0.2, 0.25) is 5.02 Å². The Balaban J connectivity index is 2.18. The molecule has 0 radical (unpaired) electrons. The fraction of sp³-hybridized carbons (Fsp3) is 0.0909. The molecule has 0 bridgehead atoms. The zero-order valence-electron chi connectivity index (χ0n) is 7.81. The highest BCUT2D eigenvalue weighted by atomic mass is 35.5. The predicted molar refractivity (Wildman–Crippen MR) is 65.8 cm³/mol. The normalized spacial score (nSPS) is 10.5. The van der Waals surface area contributed by atoms with Crippen molar-refractivity contribution in [2.45, 2.75) is 15.7 Å². The number of hydrogen-bond donors (Lipinski definition) is 1. The molecule has 0 aliphatic rings. The SMILES string of the molecule is OCc1ccc(Sc2ccccc2Cl)s1. The van der Waals surface area contributed by atoms with Gasteiger partial charge in [0.15, 0.2) is 0 Å². The first-order chi connectivity index (χ1) is 7.29. The van der Waals surface area contributed by atoms with Gasteiger partial charge in [-0.25, -0.2) is 0 Å². The molecule has 1 heterocycles. The molecular formula is C11H9ClOS2. The lowest BCUT2D eigenvalue weighted by atomic mass is 10.4. The highest BCUT2D eigenvalue weighted by molar-refractivity contribution is 8.01. The van der Waals surface area contributed by atoms with Gasteiger partial charge in [-0.3, -0.25) is 0 Å². The standard InChI is InChI=1S/C11H9ClOS2/c12-9-3-1-2-4-10(9)15-11-6-5-8(7-13)14-11/h1-6,13H,7H2. The summed E-state index contributed by atoms with van der Waals surface area (Å²) in [6.07, 6.45) is 0. The third-order valence-corrected chi connectivity index (χ3v) is 4.56. The van der Waals surface area contributed by atoms with Crippen LogP contribution in [0.25, 0.3) is 0 Å². The van der Waals surface area contributed by atoms with Crippen molar-refractivity contribution in [3.05, 3.63) is 46.3 Å². The van der Waals surface area contributed by atoms with Crippen molar-refractivity contribution in [1.29, 1.82) is 0 Å². The molecule has 78 valence electrons. The molecule has 1 N–H and O–H groups in total. The van der Waals surface area contributed by atoms with E-state index in [2.05, 4.69) is 0 Å². The number of hydrogen-bond acceptors (Lipinski definition) is 3. The van der Waals surface area contributed by atoms with E-state index < -0.39 is 0 Å². The van der Waals surface area contributed by atoms with Crippen LogP contribution in [0.5, 0.6) is 0 Å². The zero-order valence-corrected chi connectivity index (χ0v) is 10.2. The molecule has 0 fully saturated rings. The molecule has 0 amide bonds. The Hall–Kier alpha value is -0.480. The zero-order chi connectivity index (χ0) is 10.7. The van der Waals surface area contributed by atoms with E-state index in [-0.39, 0.29) is 6.61 Å². The Kier molecular flexibility index (Phi) is 3.70. The summed E-state index contributed by atoms with van der Waals surface area (Å²) in [5, 5.41) is 9.71. The second-order valence-corrected chi connectivity index (χ2v) is 5.83. The molecule has 0 atom stereocenters. The maximum Gasteiger partial charge on any atom is 0.0774 e. The molecule has 0 saturated carbocycles. The van der Waals surface area contributed by atoms with E-state index in [9.17, 15) is 0 Å². The molecule has 2 rings (SSSR count). The van der Waals surface area contributed by atoms with Crippen molar-refractivity contribution < 1.29 is 5.11 Å². The Morgan fingerprint density at radius 3 is 2.67 bits per heavy atom. The average molecular weight is 257 g/mol. The minimum atomic E-state index is 0.105. The van der Waals surface area contributed by atoms with Gasteiger partial charge in [-0.2, -0.15) is 0 Å². The summed E-state index contributed by atoms with van der Waals surface area (Å²) in [4.78, 5) is 2.02. The number of halogens is 1. The van der Waals surface area contributed by atoms with E-state index in [1.807, 2.05) is 36.4 Å². The molecule has 1 nitrogen and oxygen atoms in total. The van der Waals surface area contributed by atoms with Crippen LogP contribution in [0.15, 0.2) is 45.5 Å². The average Bonchev–Trinajstić information content (AvgIpc) is 2.69. The summed E-state index contributed by atoms with van der Waals surface area (Å²) in [5.41, 5.74) is 0. The maximum absolute atomic E-state index is 8.95. The van der Waals surface area contributed by atoms with Gasteiger partial charge >= 0.3 is 0 Å². The quantitative estimate of drug-likeness (QED) is 0.894. The van der Waals surface area contributed by atoms with Gasteiger partial charge in [0.05, 0.1) is 15.8 Å². The van der Waals surface area contributed by atoms with E-state index in [1.54, 1.807) is 23.1 Å². The van der Waals surface area contributed by atoms with E-state index in [4.69, 9.17) is 16.7 Å². The van der Waals surface area contributed by atoms with Gasteiger partial charge in [-0.05, 0) is 24.3 Å². The highest BCUT2D eigenvalue weighted by Crippen LogP contribution is 2.36. The van der Waals surface area contributed by atoms with Gasteiger partial charge < -0.3 is 5.11 Å². The molecule has 4 heteroatoms. The first-order valence-electron chi connectivity index (χ1n) is 4.41. The Bertz CT molecular complexity index is 453. The van der Waals surface area contributed by atoms with Crippen LogP contribution in [0.3, 0.4) is 0 Å². The van der Waals surface area contributed by atoms with Gasteiger partial charge in [0, 0.05) is 9.77 Å². The molecule has 1 aromatic heterocycles. The molecule has 0 aliphatic carbocycles. The molecule has 0 unspecified atom stereocenters. The van der Waals surface area contributed by atoms with Crippen molar-refractivity contribution >= 4 is 34.7 Å². The third kappa shape index (κ3) is 2.75. The summed E-state index contributed by atoms with van der Waals surface area (Å²) in [6.45, 7) is 0.105. The summed E-state index contributed by atoms with van der Waals surface area (Å²) < 4.78 is 1.15. The number of benzene rings is 1. The van der Waals surface area contributed by atoms with E-state index in [0.717, 1.165) is 19.0 Å². The minimum absolute atomic E-state index is 0.105. The topological polar surface area (TPSA) is 20.2 Å². The molecule has 1 aromatic carbocycles. The number of rotatable bonds is 3. The van der Waals surface area contributed by atoms with Gasteiger partial charge in [0.2, 0.25) is 0 Å². The van der Waals surface area contributed by atoms with Crippen LogP contribution < -0.4 is 0 Å². The fourth-order valence-electron chi connectivity index (χ4n) is 1.13. The first kappa shape index (κ1) is 11.0. The maximum atomic E-state index is 8.95. The number of thiophene rings is 1. The summed E-state index contributed by atoms with van der Waals surface area (Å²) in [6, 6.07) is 11.7. The second-order valence-electron chi connectivity index (χ2n) is 2.91. The monoisotopic (exact) mass is 256 g/mol. The lowest BCUT2D eigenvalue weighted by molar-refractivity contribution is 0.285. The van der Waals surface area contributed by atoms with Gasteiger partial charge in [-0.1, -0.05) is 35.5 Å². The highest BCUT2D eigenvalue weighted by Gasteiger charge is 2.04.